The van der Waals surface area contributed by atoms with Gasteiger partial charge in [0.15, 0.2) is 5.69 Å². The van der Waals surface area contributed by atoms with Crippen molar-refractivity contribution in [2.24, 2.45) is 0 Å². The normalized spacial score (nSPS) is 12.1. The summed E-state index contributed by atoms with van der Waals surface area (Å²) in [5, 5.41) is 7.71. The summed E-state index contributed by atoms with van der Waals surface area (Å²) in [6, 6.07) is 9.08. The Hall–Kier alpha value is -1.95. The molecule has 0 fully saturated rings. The molecule has 0 aliphatic heterocycles. The zero-order valence-electron chi connectivity index (χ0n) is 12.2. The third-order valence-corrected chi connectivity index (χ3v) is 4.24. The molecule has 21 heavy (non-hydrogen) atoms. The molecule has 0 bridgehead atoms. The van der Waals surface area contributed by atoms with Crippen LogP contribution in [0.1, 0.15) is 23.8 Å². The number of nitrogens with zero attached hydrogens (tertiary/aromatic N) is 2. The number of anilines is 1. The number of benzene rings is 1. The first-order valence-electron chi connectivity index (χ1n) is 6.82. The van der Waals surface area contributed by atoms with E-state index >= 15 is 0 Å². The zero-order valence-corrected chi connectivity index (χ0v) is 13.1. The molecular weight excluding hydrogens is 284 g/mol. The van der Waals surface area contributed by atoms with Crippen LogP contribution in [0.5, 0.6) is 0 Å². The maximum atomic E-state index is 12.0. The van der Waals surface area contributed by atoms with Gasteiger partial charge in [-0.25, -0.2) is 4.68 Å². The summed E-state index contributed by atoms with van der Waals surface area (Å²) < 4.78 is 1.65. The molecule has 1 atom stereocenters. The van der Waals surface area contributed by atoms with Crippen molar-refractivity contribution in [3.05, 3.63) is 42.2 Å². The lowest BCUT2D eigenvalue weighted by atomic mass is 10.3. The Labute approximate surface area is 128 Å². The van der Waals surface area contributed by atoms with E-state index in [-0.39, 0.29) is 5.91 Å². The smallest absolute Gasteiger partial charge is 0.271 e. The highest BCUT2D eigenvalue weighted by atomic mass is 32.2. The number of amides is 1. The number of nitrogens with two attached hydrogens (primary N) is 1. The molecule has 0 radical (unpaired) electrons. The lowest BCUT2D eigenvalue weighted by Gasteiger charge is -2.08. The van der Waals surface area contributed by atoms with E-state index in [1.165, 1.54) is 0 Å². The fourth-order valence-electron chi connectivity index (χ4n) is 1.85. The first-order valence-corrected chi connectivity index (χ1v) is 8.11. The highest BCUT2D eigenvalue weighted by Gasteiger charge is 2.10. The van der Waals surface area contributed by atoms with Crippen LogP contribution in [0.2, 0.25) is 0 Å². The largest absolute Gasteiger partial charge is 0.399 e. The third kappa shape index (κ3) is 4.26. The monoisotopic (exact) mass is 304 g/mol. The Morgan fingerprint density at radius 3 is 3.00 bits per heavy atom. The van der Waals surface area contributed by atoms with E-state index in [2.05, 4.69) is 23.6 Å². The molecular formula is C15H20N4OS. The molecule has 0 aliphatic carbocycles. The Morgan fingerprint density at radius 2 is 2.29 bits per heavy atom. The van der Waals surface area contributed by atoms with E-state index in [1.54, 1.807) is 28.7 Å². The van der Waals surface area contributed by atoms with Crippen LogP contribution in [0.25, 0.3) is 5.69 Å². The van der Waals surface area contributed by atoms with Gasteiger partial charge < -0.3 is 11.1 Å². The minimum Gasteiger partial charge on any atom is -0.399 e. The lowest BCUT2D eigenvalue weighted by Crippen LogP contribution is -2.26. The number of carbonyl (C=O) groups excluding carboxylic acids is 1. The van der Waals surface area contributed by atoms with E-state index in [0.29, 0.717) is 23.2 Å². The molecule has 3 N–H and O–H groups in total. The maximum absolute atomic E-state index is 12.0. The van der Waals surface area contributed by atoms with Crippen molar-refractivity contribution >= 4 is 23.4 Å². The fourth-order valence-corrected chi connectivity index (χ4v) is 2.21. The average molecular weight is 304 g/mol. The first kappa shape index (κ1) is 15.4. The number of nitrogens with one attached hydrogen (secondary N) is 1. The standard InChI is InChI=1S/C15H20N4OS/c1-11(21-2)6-8-17-15(20)14-7-9-19(18-14)13-5-3-4-12(16)10-13/h3-5,7,9-11H,6,8,16H2,1-2H3,(H,17,20). The second-order valence-corrected chi connectivity index (χ2v) is 6.11. The lowest BCUT2D eigenvalue weighted by molar-refractivity contribution is 0.0948. The Balaban J connectivity index is 1.98. The topological polar surface area (TPSA) is 72.9 Å². The van der Waals surface area contributed by atoms with E-state index in [1.807, 2.05) is 24.3 Å². The van der Waals surface area contributed by atoms with Crippen LogP contribution in [-0.2, 0) is 0 Å². The van der Waals surface area contributed by atoms with Crippen molar-refractivity contribution in [3.8, 4) is 5.69 Å². The second kappa shape index (κ2) is 7.17. The number of hydrogen-bond acceptors (Lipinski definition) is 4. The summed E-state index contributed by atoms with van der Waals surface area (Å²) in [6.45, 7) is 2.80. The third-order valence-electron chi connectivity index (χ3n) is 3.20. The van der Waals surface area contributed by atoms with Crippen molar-refractivity contribution in [2.45, 2.75) is 18.6 Å². The summed E-state index contributed by atoms with van der Waals surface area (Å²) in [5.41, 5.74) is 7.66. The van der Waals surface area contributed by atoms with Gasteiger partial charge in [-0.15, -0.1) is 0 Å². The Morgan fingerprint density at radius 1 is 1.48 bits per heavy atom. The van der Waals surface area contributed by atoms with Gasteiger partial charge in [0.25, 0.3) is 5.91 Å². The molecule has 112 valence electrons. The number of nitrogen functional groups attached to an aromatic ring is 1. The molecule has 1 heterocycles. The summed E-state index contributed by atoms with van der Waals surface area (Å²) in [5.74, 6) is -0.147. The molecule has 2 aromatic rings. The molecule has 2 rings (SSSR count). The van der Waals surface area contributed by atoms with E-state index < -0.39 is 0 Å². The van der Waals surface area contributed by atoms with Crippen LogP contribution in [0.4, 0.5) is 5.69 Å². The van der Waals surface area contributed by atoms with Crippen LogP contribution in [-0.4, -0.2) is 33.7 Å². The molecule has 6 heteroatoms. The molecule has 1 aromatic carbocycles. The number of rotatable bonds is 6. The van der Waals surface area contributed by atoms with E-state index in [9.17, 15) is 4.79 Å². The molecule has 0 aliphatic rings. The molecule has 1 amide bonds. The minimum atomic E-state index is -0.147. The van der Waals surface area contributed by atoms with Crippen LogP contribution >= 0.6 is 11.8 Å². The van der Waals surface area contributed by atoms with Crippen molar-refractivity contribution in [1.29, 1.82) is 0 Å². The average Bonchev–Trinajstić information content (AvgIpc) is 2.97. The Kier molecular flexibility index (Phi) is 5.27. The molecule has 0 saturated carbocycles. The van der Waals surface area contributed by atoms with Crippen LogP contribution in [0.3, 0.4) is 0 Å². The van der Waals surface area contributed by atoms with Crippen molar-refractivity contribution < 1.29 is 4.79 Å². The SMILES string of the molecule is CSC(C)CCNC(=O)c1ccn(-c2cccc(N)c2)n1. The van der Waals surface area contributed by atoms with Crippen molar-refractivity contribution in [1.82, 2.24) is 15.1 Å². The fraction of sp³-hybridized carbons (Fsp3) is 0.333. The second-order valence-electron chi connectivity index (χ2n) is 4.83. The zero-order chi connectivity index (χ0) is 15.2. The summed E-state index contributed by atoms with van der Waals surface area (Å²) in [6.07, 6.45) is 4.77. The maximum Gasteiger partial charge on any atom is 0.271 e. The molecule has 5 nitrogen and oxygen atoms in total. The van der Waals surface area contributed by atoms with Gasteiger partial charge in [0.1, 0.15) is 0 Å². The predicted molar refractivity (Wildman–Crippen MR) is 87.9 cm³/mol. The van der Waals surface area contributed by atoms with Crippen molar-refractivity contribution in [3.63, 3.8) is 0 Å². The van der Waals surface area contributed by atoms with Gasteiger partial charge in [-0.1, -0.05) is 13.0 Å². The highest BCUT2D eigenvalue weighted by molar-refractivity contribution is 7.99. The van der Waals surface area contributed by atoms with E-state index in [4.69, 9.17) is 5.73 Å². The predicted octanol–water partition coefficient (Wildman–Crippen LogP) is 2.33. The highest BCUT2D eigenvalue weighted by Crippen LogP contribution is 2.12. The van der Waals surface area contributed by atoms with E-state index in [0.717, 1.165) is 12.1 Å². The van der Waals surface area contributed by atoms with Gasteiger partial charge >= 0.3 is 0 Å². The first-order chi connectivity index (χ1) is 10.1. The number of aromatic nitrogens is 2. The van der Waals surface area contributed by atoms with Gasteiger partial charge in [0, 0.05) is 23.7 Å². The quantitative estimate of drug-likeness (QED) is 0.803. The van der Waals surface area contributed by atoms with Gasteiger partial charge in [-0.2, -0.15) is 16.9 Å². The minimum absolute atomic E-state index is 0.147. The van der Waals surface area contributed by atoms with Crippen LogP contribution in [0, 0.1) is 0 Å². The van der Waals surface area contributed by atoms with Gasteiger partial charge in [-0.3, -0.25) is 4.79 Å². The number of hydrogen-bond donors (Lipinski definition) is 2. The molecule has 0 spiro atoms. The summed E-state index contributed by atoms with van der Waals surface area (Å²) in [7, 11) is 0. The summed E-state index contributed by atoms with van der Waals surface area (Å²) in [4.78, 5) is 12.0. The molecule has 1 aromatic heterocycles. The van der Waals surface area contributed by atoms with Crippen LogP contribution < -0.4 is 11.1 Å². The molecule has 1 unspecified atom stereocenters. The van der Waals surface area contributed by atoms with Crippen LogP contribution in [0.15, 0.2) is 36.5 Å². The number of thioether (sulfide) groups is 1. The van der Waals surface area contributed by atoms with Gasteiger partial charge in [-0.05, 0) is 36.9 Å². The number of carbonyl (C=O) groups is 1. The molecule has 0 saturated heterocycles. The van der Waals surface area contributed by atoms with Crippen molar-refractivity contribution in [2.75, 3.05) is 18.5 Å². The van der Waals surface area contributed by atoms with Gasteiger partial charge in [0.2, 0.25) is 0 Å². The Bertz CT molecular complexity index is 611. The summed E-state index contributed by atoms with van der Waals surface area (Å²) >= 11 is 1.79. The van der Waals surface area contributed by atoms with Gasteiger partial charge in [0.05, 0.1) is 5.69 Å².